The SMILES string of the molecule is COCCn1cc(C=O)c(-c2ccco2)n1. The van der Waals surface area contributed by atoms with Crippen LogP contribution in [0.15, 0.2) is 29.0 Å². The van der Waals surface area contributed by atoms with Crippen LogP contribution in [-0.2, 0) is 11.3 Å². The number of aromatic nitrogens is 2. The fourth-order valence-corrected chi connectivity index (χ4v) is 1.43. The van der Waals surface area contributed by atoms with Crippen LogP contribution in [0.3, 0.4) is 0 Å². The van der Waals surface area contributed by atoms with E-state index < -0.39 is 0 Å². The second kappa shape index (κ2) is 4.76. The van der Waals surface area contributed by atoms with E-state index in [1.165, 1.54) is 0 Å². The van der Waals surface area contributed by atoms with Crippen LogP contribution in [0.1, 0.15) is 10.4 Å². The van der Waals surface area contributed by atoms with Gasteiger partial charge in [-0.2, -0.15) is 5.10 Å². The number of carbonyl (C=O) groups excluding carboxylic acids is 1. The molecule has 0 saturated heterocycles. The first kappa shape index (κ1) is 10.6. The molecule has 0 aromatic carbocycles. The number of furan rings is 1. The van der Waals surface area contributed by atoms with E-state index in [-0.39, 0.29) is 0 Å². The molecule has 16 heavy (non-hydrogen) atoms. The quantitative estimate of drug-likeness (QED) is 0.718. The van der Waals surface area contributed by atoms with Gasteiger partial charge in [0.15, 0.2) is 12.0 Å². The molecule has 2 aromatic heterocycles. The molecule has 2 heterocycles. The fourth-order valence-electron chi connectivity index (χ4n) is 1.43. The molecule has 84 valence electrons. The summed E-state index contributed by atoms with van der Waals surface area (Å²) in [6.07, 6.45) is 4.01. The van der Waals surface area contributed by atoms with Crippen molar-refractivity contribution in [3.05, 3.63) is 30.2 Å². The maximum Gasteiger partial charge on any atom is 0.154 e. The highest BCUT2D eigenvalue weighted by Crippen LogP contribution is 2.20. The molecule has 2 rings (SSSR count). The number of methoxy groups -OCH3 is 1. The maximum atomic E-state index is 10.9. The van der Waals surface area contributed by atoms with E-state index in [0.717, 1.165) is 6.29 Å². The Hall–Kier alpha value is -1.88. The monoisotopic (exact) mass is 220 g/mol. The van der Waals surface area contributed by atoms with Gasteiger partial charge in [0, 0.05) is 13.3 Å². The lowest BCUT2D eigenvalue weighted by Crippen LogP contribution is -2.04. The van der Waals surface area contributed by atoms with Crippen LogP contribution >= 0.6 is 0 Å². The molecule has 0 atom stereocenters. The Labute approximate surface area is 92.6 Å². The van der Waals surface area contributed by atoms with E-state index in [4.69, 9.17) is 9.15 Å². The summed E-state index contributed by atoms with van der Waals surface area (Å²) < 4.78 is 11.8. The van der Waals surface area contributed by atoms with E-state index in [0.29, 0.717) is 30.2 Å². The second-order valence-corrected chi connectivity index (χ2v) is 3.28. The first-order valence-electron chi connectivity index (χ1n) is 4.90. The van der Waals surface area contributed by atoms with Crippen molar-refractivity contribution in [1.29, 1.82) is 0 Å². The summed E-state index contributed by atoms with van der Waals surface area (Å²) in [5.74, 6) is 0.596. The topological polar surface area (TPSA) is 57.3 Å². The number of ether oxygens (including phenoxy) is 1. The van der Waals surface area contributed by atoms with E-state index in [2.05, 4.69) is 5.10 Å². The molecule has 5 nitrogen and oxygen atoms in total. The Bertz CT molecular complexity index is 460. The van der Waals surface area contributed by atoms with E-state index in [9.17, 15) is 4.79 Å². The lowest BCUT2D eigenvalue weighted by molar-refractivity contribution is 0.112. The molecular formula is C11H12N2O3. The molecule has 0 unspecified atom stereocenters. The van der Waals surface area contributed by atoms with Crippen molar-refractivity contribution < 1.29 is 13.9 Å². The van der Waals surface area contributed by atoms with Crippen molar-refractivity contribution >= 4 is 6.29 Å². The Morgan fingerprint density at radius 1 is 1.62 bits per heavy atom. The first-order chi connectivity index (χ1) is 7.85. The Balaban J connectivity index is 2.30. The summed E-state index contributed by atoms with van der Waals surface area (Å²) in [5.41, 5.74) is 1.09. The fraction of sp³-hybridized carbons (Fsp3) is 0.273. The zero-order valence-corrected chi connectivity index (χ0v) is 8.92. The molecular weight excluding hydrogens is 208 g/mol. The zero-order chi connectivity index (χ0) is 11.4. The molecule has 0 fully saturated rings. The van der Waals surface area contributed by atoms with Crippen LogP contribution in [0.25, 0.3) is 11.5 Å². The molecule has 5 heteroatoms. The maximum absolute atomic E-state index is 10.9. The molecule has 0 N–H and O–H groups in total. The normalized spacial score (nSPS) is 10.6. The average molecular weight is 220 g/mol. The smallest absolute Gasteiger partial charge is 0.154 e. The second-order valence-electron chi connectivity index (χ2n) is 3.28. The van der Waals surface area contributed by atoms with Gasteiger partial charge in [-0.3, -0.25) is 9.48 Å². The highest BCUT2D eigenvalue weighted by Gasteiger charge is 2.12. The summed E-state index contributed by atoms with van der Waals surface area (Å²) >= 11 is 0. The minimum absolute atomic E-state index is 0.519. The number of hydrogen-bond acceptors (Lipinski definition) is 4. The van der Waals surface area contributed by atoms with Gasteiger partial charge in [0.05, 0.1) is 25.0 Å². The summed E-state index contributed by atoms with van der Waals surface area (Å²) in [6.45, 7) is 1.16. The summed E-state index contributed by atoms with van der Waals surface area (Å²) in [7, 11) is 1.62. The number of nitrogens with zero attached hydrogens (tertiary/aromatic N) is 2. The van der Waals surface area contributed by atoms with Gasteiger partial charge in [-0.05, 0) is 12.1 Å². The Morgan fingerprint density at radius 3 is 3.12 bits per heavy atom. The van der Waals surface area contributed by atoms with Gasteiger partial charge < -0.3 is 9.15 Å². The van der Waals surface area contributed by atoms with Crippen LogP contribution in [0.5, 0.6) is 0 Å². The third-order valence-corrected chi connectivity index (χ3v) is 2.20. The molecule has 0 aliphatic rings. The molecule has 0 saturated carbocycles. The van der Waals surface area contributed by atoms with Crippen LogP contribution in [0.4, 0.5) is 0 Å². The van der Waals surface area contributed by atoms with Crippen molar-refractivity contribution in [3.8, 4) is 11.5 Å². The zero-order valence-electron chi connectivity index (χ0n) is 8.92. The van der Waals surface area contributed by atoms with Gasteiger partial charge in [-0.25, -0.2) is 0 Å². The molecule has 0 aliphatic heterocycles. The number of carbonyl (C=O) groups is 1. The van der Waals surface area contributed by atoms with Crippen molar-refractivity contribution in [2.24, 2.45) is 0 Å². The van der Waals surface area contributed by atoms with Crippen molar-refractivity contribution in [1.82, 2.24) is 9.78 Å². The minimum atomic E-state index is 0.519. The van der Waals surface area contributed by atoms with Gasteiger partial charge in [0.1, 0.15) is 5.69 Å². The minimum Gasteiger partial charge on any atom is -0.463 e. The van der Waals surface area contributed by atoms with Crippen LogP contribution in [0.2, 0.25) is 0 Å². The lowest BCUT2D eigenvalue weighted by atomic mass is 10.2. The average Bonchev–Trinajstić information content (AvgIpc) is 2.94. The van der Waals surface area contributed by atoms with Crippen molar-refractivity contribution in [2.45, 2.75) is 6.54 Å². The number of rotatable bonds is 5. The van der Waals surface area contributed by atoms with Gasteiger partial charge in [0.2, 0.25) is 0 Å². The van der Waals surface area contributed by atoms with Gasteiger partial charge in [-0.15, -0.1) is 0 Å². The number of aldehydes is 1. The molecule has 2 aromatic rings. The molecule has 0 bridgehead atoms. The largest absolute Gasteiger partial charge is 0.463 e. The van der Waals surface area contributed by atoms with E-state index in [1.54, 1.807) is 36.4 Å². The highest BCUT2D eigenvalue weighted by atomic mass is 16.5. The summed E-state index contributed by atoms with van der Waals surface area (Å²) in [4.78, 5) is 10.9. The molecule has 0 spiro atoms. The summed E-state index contributed by atoms with van der Waals surface area (Å²) in [6, 6.07) is 3.54. The number of hydrogen-bond donors (Lipinski definition) is 0. The molecule has 0 radical (unpaired) electrons. The van der Waals surface area contributed by atoms with Crippen LogP contribution in [-0.4, -0.2) is 29.8 Å². The predicted octanol–water partition coefficient (Wildman–Crippen LogP) is 1.60. The van der Waals surface area contributed by atoms with Crippen molar-refractivity contribution in [3.63, 3.8) is 0 Å². The van der Waals surface area contributed by atoms with Crippen LogP contribution in [0, 0.1) is 0 Å². The third-order valence-electron chi connectivity index (χ3n) is 2.20. The lowest BCUT2D eigenvalue weighted by Gasteiger charge is -1.98. The van der Waals surface area contributed by atoms with Gasteiger partial charge >= 0.3 is 0 Å². The van der Waals surface area contributed by atoms with E-state index in [1.807, 2.05) is 0 Å². The van der Waals surface area contributed by atoms with Crippen LogP contribution < -0.4 is 0 Å². The first-order valence-corrected chi connectivity index (χ1v) is 4.90. The third kappa shape index (κ3) is 2.04. The molecule has 0 aliphatic carbocycles. The Morgan fingerprint density at radius 2 is 2.50 bits per heavy atom. The highest BCUT2D eigenvalue weighted by molar-refractivity contribution is 5.83. The van der Waals surface area contributed by atoms with Gasteiger partial charge in [0.25, 0.3) is 0 Å². The Kier molecular flexibility index (Phi) is 3.16. The molecule has 0 amide bonds. The van der Waals surface area contributed by atoms with Crippen molar-refractivity contribution in [2.75, 3.05) is 13.7 Å². The van der Waals surface area contributed by atoms with E-state index >= 15 is 0 Å². The summed E-state index contributed by atoms with van der Waals surface area (Å²) in [5, 5.41) is 4.27. The standard InChI is InChI=1S/C11H12N2O3/c1-15-6-4-13-7-9(8-14)11(12-13)10-3-2-5-16-10/h2-3,5,7-8H,4,6H2,1H3. The van der Waals surface area contributed by atoms with Gasteiger partial charge in [-0.1, -0.05) is 0 Å². The predicted molar refractivity (Wildman–Crippen MR) is 57.2 cm³/mol.